The minimum Gasteiger partial charge on any atom is -0.328 e. The number of hydrogen-bond donors (Lipinski definition) is 1. The van der Waals surface area contributed by atoms with Gasteiger partial charge in [0.2, 0.25) is 4.96 Å². The van der Waals surface area contributed by atoms with Crippen molar-refractivity contribution in [2.45, 2.75) is 70.3 Å². The van der Waals surface area contributed by atoms with E-state index in [0.717, 1.165) is 35.1 Å². The molecule has 2 heterocycles. The van der Waals surface area contributed by atoms with Gasteiger partial charge in [-0.05, 0) is 32.6 Å². The van der Waals surface area contributed by atoms with Gasteiger partial charge in [0, 0.05) is 18.4 Å². The van der Waals surface area contributed by atoms with Crippen LogP contribution in [0.5, 0.6) is 0 Å². The molecule has 0 bridgehead atoms. The molecule has 0 amide bonds. The summed E-state index contributed by atoms with van der Waals surface area (Å²) in [7, 11) is 0. The Labute approximate surface area is 123 Å². The third-order valence-corrected chi connectivity index (χ3v) is 5.04. The standard InChI is InChI=1S/C14H23N5S/c1-10(15)6-5-9-12-18-19-13(16-17-14(19)20-12)11-7-3-2-4-8-11/h10-11H,2-9,15H2,1H3. The largest absolute Gasteiger partial charge is 0.328 e. The van der Waals surface area contributed by atoms with Crippen LogP contribution in [-0.2, 0) is 6.42 Å². The molecule has 5 nitrogen and oxygen atoms in total. The van der Waals surface area contributed by atoms with Gasteiger partial charge < -0.3 is 5.73 Å². The van der Waals surface area contributed by atoms with Crippen molar-refractivity contribution in [3.8, 4) is 0 Å². The first-order chi connectivity index (χ1) is 9.74. The minimum atomic E-state index is 0.276. The zero-order valence-electron chi connectivity index (χ0n) is 12.1. The predicted octanol–water partition coefficient (Wildman–Crippen LogP) is 2.90. The Morgan fingerprint density at radius 1 is 1.30 bits per heavy atom. The van der Waals surface area contributed by atoms with Crippen LogP contribution in [0.3, 0.4) is 0 Å². The van der Waals surface area contributed by atoms with Crippen LogP contribution in [0.4, 0.5) is 0 Å². The maximum Gasteiger partial charge on any atom is 0.234 e. The van der Waals surface area contributed by atoms with E-state index in [1.165, 1.54) is 32.1 Å². The molecule has 0 spiro atoms. The van der Waals surface area contributed by atoms with Crippen LogP contribution in [0.25, 0.3) is 4.96 Å². The molecule has 1 saturated carbocycles. The van der Waals surface area contributed by atoms with Crippen molar-refractivity contribution in [1.29, 1.82) is 0 Å². The van der Waals surface area contributed by atoms with Crippen molar-refractivity contribution in [1.82, 2.24) is 19.8 Å². The summed E-state index contributed by atoms with van der Waals surface area (Å²) >= 11 is 1.67. The van der Waals surface area contributed by atoms with Crippen molar-refractivity contribution in [2.75, 3.05) is 0 Å². The lowest BCUT2D eigenvalue weighted by molar-refractivity contribution is 0.423. The third kappa shape index (κ3) is 3.01. The normalized spacial score (nSPS) is 18.7. The van der Waals surface area contributed by atoms with Gasteiger partial charge in [-0.2, -0.15) is 9.61 Å². The molecule has 1 atom stereocenters. The Morgan fingerprint density at radius 2 is 2.10 bits per heavy atom. The van der Waals surface area contributed by atoms with Crippen molar-refractivity contribution >= 4 is 16.3 Å². The third-order valence-electron chi connectivity index (χ3n) is 4.08. The van der Waals surface area contributed by atoms with E-state index < -0.39 is 0 Å². The Balaban J connectivity index is 1.72. The number of aryl methyl sites for hydroxylation is 1. The number of rotatable bonds is 5. The van der Waals surface area contributed by atoms with Gasteiger partial charge in [-0.25, -0.2) is 0 Å². The molecule has 110 valence electrons. The highest BCUT2D eigenvalue weighted by molar-refractivity contribution is 7.16. The Morgan fingerprint density at radius 3 is 2.85 bits per heavy atom. The molecule has 1 unspecified atom stereocenters. The molecule has 2 N–H and O–H groups in total. The molecular weight excluding hydrogens is 270 g/mol. The zero-order valence-corrected chi connectivity index (χ0v) is 12.9. The second kappa shape index (κ2) is 6.18. The SMILES string of the molecule is CC(N)CCCc1nn2c(C3CCCCC3)nnc2s1. The summed E-state index contributed by atoms with van der Waals surface area (Å²) in [6.07, 6.45) is 9.60. The molecule has 0 saturated heterocycles. The van der Waals surface area contributed by atoms with E-state index in [9.17, 15) is 0 Å². The van der Waals surface area contributed by atoms with Crippen LogP contribution in [0.2, 0.25) is 0 Å². The maximum atomic E-state index is 5.79. The van der Waals surface area contributed by atoms with E-state index in [1.54, 1.807) is 11.3 Å². The smallest absolute Gasteiger partial charge is 0.234 e. The zero-order chi connectivity index (χ0) is 13.9. The average Bonchev–Trinajstić information content (AvgIpc) is 2.99. The molecule has 0 aromatic carbocycles. The highest BCUT2D eigenvalue weighted by atomic mass is 32.1. The summed E-state index contributed by atoms with van der Waals surface area (Å²) in [4.78, 5) is 0.946. The molecule has 3 rings (SSSR count). The number of aromatic nitrogens is 4. The van der Waals surface area contributed by atoms with Gasteiger partial charge in [0.05, 0.1) is 0 Å². The summed E-state index contributed by atoms with van der Waals surface area (Å²) in [6, 6.07) is 0.276. The van der Waals surface area contributed by atoms with Gasteiger partial charge in [0.1, 0.15) is 5.01 Å². The monoisotopic (exact) mass is 293 g/mol. The van der Waals surface area contributed by atoms with Crippen molar-refractivity contribution < 1.29 is 0 Å². The van der Waals surface area contributed by atoms with Crippen LogP contribution < -0.4 is 5.73 Å². The summed E-state index contributed by atoms with van der Waals surface area (Å²) in [6.45, 7) is 2.06. The van der Waals surface area contributed by atoms with Gasteiger partial charge in [-0.3, -0.25) is 0 Å². The Bertz CT molecular complexity index is 553. The summed E-state index contributed by atoms with van der Waals surface area (Å²) in [5.41, 5.74) is 5.79. The maximum absolute atomic E-state index is 5.79. The second-order valence-electron chi connectivity index (χ2n) is 5.95. The Kier molecular flexibility index (Phi) is 4.31. The lowest BCUT2D eigenvalue weighted by atomic mass is 9.89. The quantitative estimate of drug-likeness (QED) is 0.920. The lowest BCUT2D eigenvalue weighted by Gasteiger charge is -2.18. The molecule has 20 heavy (non-hydrogen) atoms. The van der Waals surface area contributed by atoms with E-state index in [4.69, 9.17) is 10.8 Å². The fourth-order valence-corrected chi connectivity index (χ4v) is 3.85. The fraction of sp³-hybridized carbons (Fsp3) is 0.786. The second-order valence-corrected chi connectivity index (χ2v) is 6.99. The molecule has 0 aliphatic heterocycles. The van der Waals surface area contributed by atoms with Crippen LogP contribution in [0.15, 0.2) is 0 Å². The molecule has 2 aromatic rings. The fourth-order valence-electron chi connectivity index (χ4n) is 2.96. The summed E-state index contributed by atoms with van der Waals surface area (Å²) in [5, 5.41) is 14.5. The van der Waals surface area contributed by atoms with Gasteiger partial charge in [0.25, 0.3) is 0 Å². The van der Waals surface area contributed by atoms with E-state index in [2.05, 4.69) is 17.1 Å². The number of fused-ring (bicyclic) bond motifs is 1. The van der Waals surface area contributed by atoms with Crippen LogP contribution in [-0.4, -0.2) is 25.9 Å². The van der Waals surface area contributed by atoms with E-state index in [1.807, 2.05) is 4.52 Å². The van der Waals surface area contributed by atoms with Crippen molar-refractivity contribution in [3.63, 3.8) is 0 Å². The van der Waals surface area contributed by atoms with Crippen LogP contribution in [0, 0.1) is 0 Å². The van der Waals surface area contributed by atoms with Gasteiger partial charge >= 0.3 is 0 Å². The van der Waals surface area contributed by atoms with E-state index >= 15 is 0 Å². The average molecular weight is 293 g/mol. The first-order valence-corrected chi connectivity index (χ1v) is 8.52. The first-order valence-electron chi connectivity index (χ1n) is 7.70. The number of nitrogens with two attached hydrogens (primary N) is 1. The molecule has 6 heteroatoms. The molecule has 0 radical (unpaired) electrons. The summed E-state index contributed by atoms with van der Waals surface area (Å²) in [5.74, 6) is 1.63. The lowest BCUT2D eigenvalue weighted by Crippen LogP contribution is -2.14. The van der Waals surface area contributed by atoms with Gasteiger partial charge in [-0.15, -0.1) is 10.2 Å². The van der Waals surface area contributed by atoms with Crippen molar-refractivity contribution in [2.24, 2.45) is 5.73 Å². The first kappa shape index (κ1) is 13.9. The highest BCUT2D eigenvalue weighted by Gasteiger charge is 2.22. The number of nitrogens with zero attached hydrogens (tertiary/aromatic N) is 4. The van der Waals surface area contributed by atoms with Gasteiger partial charge in [-0.1, -0.05) is 30.6 Å². The van der Waals surface area contributed by atoms with Crippen LogP contribution in [0.1, 0.15) is 68.6 Å². The molecular formula is C14H23N5S. The van der Waals surface area contributed by atoms with Gasteiger partial charge in [0.15, 0.2) is 5.82 Å². The highest BCUT2D eigenvalue weighted by Crippen LogP contribution is 2.32. The van der Waals surface area contributed by atoms with Crippen molar-refractivity contribution in [3.05, 3.63) is 10.8 Å². The molecule has 1 fully saturated rings. The molecule has 2 aromatic heterocycles. The predicted molar refractivity (Wildman–Crippen MR) is 81.1 cm³/mol. The topological polar surface area (TPSA) is 69.1 Å². The minimum absolute atomic E-state index is 0.276. The van der Waals surface area contributed by atoms with E-state index in [0.29, 0.717) is 5.92 Å². The molecule has 1 aliphatic carbocycles. The Hall–Kier alpha value is -1.01. The molecule has 1 aliphatic rings. The van der Waals surface area contributed by atoms with E-state index in [-0.39, 0.29) is 6.04 Å². The summed E-state index contributed by atoms with van der Waals surface area (Å²) < 4.78 is 1.99. The number of hydrogen-bond acceptors (Lipinski definition) is 5. The van der Waals surface area contributed by atoms with Crippen LogP contribution >= 0.6 is 11.3 Å².